The minimum absolute atomic E-state index is 0.543. The van der Waals surface area contributed by atoms with Crippen LogP contribution in [0.1, 0.15) is 25.3 Å². The maximum atomic E-state index is 5.26. The van der Waals surface area contributed by atoms with Crippen LogP contribution < -0.4 is 4.67 Å². The third-order valence-corrected chi connectivity index (χ3v) is 4.85. The SMILES string of the molecule is CO[PH](=S)N(C)c1cccc(C(C)C)c1. The standard InChI is InChI=1S/C11H18NOPS/c1-9(2)10-6-5-7-11(8-10)12(3)14(15)13-4/h5-9,14H,1-4H3. The third kappa shape index (κ3) is 3.30. The van der Waals surface area contributed by atoms with Crippen molar-refractivity contribution in [1.29, 1.82) is 0 Å². The van der Waals surface area contributed by atoms with E-state index in [4.69, 9.17) is 16.3 Å². The Morgan fingerprint density at radius 2 is 2.07 bits per heavy atom. The van der Waals surface area contributed by atoms with Gasteiger partial charge in [0.1, 0.15) is 7.07 Å². The second-order valence-corrected chi connectivity index (χ2v) is 6.44. The molecule has 0 saturated carbocycles. The number of hydrogen-bond donors (Lipinski definition) is 0. The van der Waals surface area contributed by atoms with Crippen LogP contribution in [0.3, 0.4) is 0 Å². The first-order valence-electron chi connectivity index (χ1n) is 4.98. The van der Waals surface area contributed by atoms with Gasteiger partial charge in [-0.1, -0.05) is 26.0 Å². The van der Waals surface area contributed by atoms with Gasteiger partial charge >= 0.3 is 0 Å². The normalized spacial score (nSPS) is 12.9. The van der Waals surface area contributed by atoms with E-state index in [0.29, 0.717) is 5.92 Å². The van der Waals surface area contributed by atoms with Crippen molar-refractivity contribution in [2.24, 2.45) is 0 Å². The van der Waals surface area contributed by atoms with Crippen LogP contribution in [0.4, 0.5) is 5.69 Å². The zero-order valence-corrected chi connectivity index (χ0v) is 11.5. The van der Waals surface area contributed by atoms with Gasteiger partial charge in [0, 0.05) is 19.8 Å². The third-order valence-electron chi connectivity index (χ3n) is 2.37. The van der Waals surface area contributed by atoms with Crippen molar-refractivity contribution in [2.45, 2.75) is 19.8 Å². The van der Waals surface area contributed by atoms with Gasteiger partial charge in [-0.2, -0.15) is 0 Å². The van der Waals surface area contributed by atoms with Crippen LogP contribution in [0.2, 0.25) is 0 Å². The number of hydrogen-bond acceptors (Lipinski definition) is 2. The second-order valence-electron chi connectivity index (χ2n) is 3.78. The molecule has 0 aromatic heterocycles. The molecular formula is C11H18NOPS. The average molecular weight is 243 g/mol. The molecule has 2 nitrogen and oxygen atoms in total. The van der Waals surface area contributed by atoms with Crippen molar-refractivity contribution in [2.75, 3.05) is 18.8 Å². The largest absolute Gasteiger partial charge is 0.339 e. The number of anilines is 1. The van der Waals surface area contributed by atoms with Gasteiger partial charge in [-0.05, 0) is 35.4 Å². The first kappa shape index (κ1) is 12.7. The molecule has 0 bridgehead atoms. The predicted molar refractivity (Wildman–Crippen MR) is 71.6 cm³/mol. The van der Waals surface area contributed by atoms with Crippen LogP contribution in [-0.4, -0.2) is 14.2 Å². The molecule has 1 rings (SSSR count). The van der Waals surface area contributed by atoms with Crippen LogP contribution in [0, 0.1) is 0 Å². The topological polar surface area (TPSA) is 12.5 Å². The molecule has 0 amide bonds. The van der Waals surface area contributed by atoms with E-state index < -0.39 is 7.07 Å². The molecule has 1 atom stereocenters. The number of nitrogens with zero attached hydrogens (tertiary/aromatic N) is 1. The van der Waals surface area contributed by atoms with E-state index in [9.17, 15) is 0 Å². The molecule has 1 unspecified atom stereocenters. The summed E-state index contributed by atoms with van der Waals surface area (Å²) in [5.74, 6) is 0.543. The Morgan fingerprint density at radius 1 is 1.40 bits per heavy atom. The molecule has 4 heteroatoms. The minimum Gasteiger partial charge on any atom is -0.339 e. The maximum Gasteiger partial charge on any atom is 0.142 e. The van der Waals surface area contributed by atoms with E-state index in [2.05, 4.69) is 38.1 Å². The summed E-state index contributed by atoms with van der Waals surface area (Å²) in [6, 6.07) is 8.47. The Morgan fingerprint density at radius 3 is 2.60 bits per heavy atom. The lowest BCUT2D eigenvalue weighted by molar-refractivity contribution is 0.473. The smallest absolute Gasteiger partial charge is 0.142 e. The number of benzene rings is 1. The summed E-state index contributed by atoms with van der Waals surface area (Å²) < 4.78 is 7.26. The number of rotatable bonds is 4. The molecule has 0 aliphatic carbocycles. The van der Waals surface area contributed by atoms with Crippen LogP contribution in [0.5, 0.6) is 0 Å². The van der Waals surface area contributed by atoms with Gasteiger partial charge in [-0.15, -0.1) is 0 Å². The summed E-state index contributed by atoms with van der Waals surface area (Å²) in [7, 11) is 2.38. The van der Waals surface area contributed by atoms with Crippen LogP contribution >= 0.6 is 7.07 Å². The van der Waals surface area contributed by atoms with E-state index >= 15 is 0 Å². The van der Waals surface area contributed by atoms with Crippen LogP contribution in [-0.2, 0) is 16.3 Å². The summed E-state index contributed by atoms with van der Waals surface area (Å²) in [5.41, 5.74) is 2.48. The highest BCUT2D eigenvalue weighted by Crippen LogP contribution is 2.33. The van der Waals surface area contributed by atoms with Crippen LogP contribution in [0.15, 0.2) is 24.3 Å². The van der Waals surface area contributed by atoms with E-state index in [0.717, 1.165) is 5.69 Å². The van der Waals surface area contributed by atoms with Gasteiger partial charge in [-0.25, -0.2) is 0 Å². The molecule has 15 heavy (non-hydrogen) atoms. The van der Waals surface area contributed by atoms with Gasteiger partial charge in [0.15, 0.2) is 0 Å². The van der Waals surface area contributed by atoms with Gasteiger partial charge in [-0.3, -0.25) is 0 Å². The summed E-state index contributed by atoms with van der Waals surface area (Å²) in [5, 5.41) is 0. The summed E-state index contributed by atoms with van der Waals surface area (Å²) in [4.78, 5) is 0. The first-order chi connectivity index (χ1) is 7.06. The lowest BCUT2D eigenvalue weighted by Crippen LogP contribution is -2.07. The molecule has 0 saturated heterocycles. The lowest BCUT2D eigenvalue weighted by Gasteiger charge is -2.21. The zero-order chi connectivity index (χ0) is 11.4. The summed E-state index contributed by atoms with van der Waals surface area (Å²) in [6.45, 7) is 4.38. The summed E-state index contributed by atoms with van der Waals surface area (Å²) in [6.07, 6.45) is 0. The lowest BCUT2D eigenvalue weighted by atomic mass is 10.0. The van der Waals surface area contributed by atoms with Crippen molar-refractivity contribution < 1.29 is 4.52 Å². The van der Waals surface area contributed by atoms with Gasteiger partial charge in [0.25, 0.3) is 0 Å². The molecule has 84 valence electrons. The van der Waals surface area contributed by atoms with Gasteiger partial charge in [0.2, 0.25) is 0 Å². The van der Waals surface area contributed by atoms with E-state index in [1.165, 1.54) is 5.56 Å². The second kappa shape index (κ2) is 5.64. The molecule has 0 heterocycles. The fraction of sp³-hybridized carbons (Fsp3) is 0.455. The Bertz CT molecular complexity index is 354. The molecule has 0 aliphatic heterocycles. The molecule has 0 N–H and O–H groups in total. The molecule has 0 aliphatic rings. The highest BCUT2D eigenvalue weighted by molar-refractivity contribution is 8.03. The molecule has 1 aromatic carbocycles. The van der Waals surface area contributed by atoms with Crippen LogP contribution in [0.25, 0.3) is 0 Å². The van der Waals surface area contributed by atoms with Gasteiger partial charge < -0.3 is 9.19 Å². The predicted octanol–water partition coefficient (Wildman–Crippen LogP) is 3.40. The molecular weight excluding hydrogens is 225 g/mol. The van der Waals surface area contributed by atoms with E-state index in [1.54, 1.807) is 7.11 Å². The molecule has 1 aromatic rings. The molecule has 0 fully saturated rings. The van der Waals surface area contributed by atoms with Gasteiger partial charge in [0.05, 0.1) is 0 Å². The fourth-order valence-corrected chi connectivity index (χ4v) is 2.27. The van der Waals surface area contributed by atoms with Crippen molar-refractivity contribution >= 4 is 24.6 Å². The van der Waals surface area contributed by atoms with Crippen molar-refractivity contribution in [3.8, 4) is 0 Å². The Kier molecular flexibility index (Phi) is 4.78. The quantitative estimate of drug-likeness (QED) is 0.752. The summed E-state index contributed by atoms with van der Waals surface area (Å²) >= 11 is 5.26. The van der Waals surface area contributed by atoms with Crippen molar-refractivity contribution in [3.63, 3.8) is 0 Å². The maximum absolute atomic E-state index is 5.26. The van der Waals surface area contributed by atoms with E-state index in [1.807, 2.05) is 11.7 Å². The van der Waals surface area contributed by atoms with Crippen molar-refractivity contribution in [1.82, 2.24) is 0 Å². The minimum atomic E-state index is -1.28. The fourth-order valence-electron chi connectivity index (χ4n) is 1.33. The Balaban J connectivity index is 2.95. The van der Waals surface area contributed by atoms with E-state index in [-0.39, 0.29) is 0 Å². The zero-order valence-electron chi connectivity index (χ0n) is 9.65. The molecule has 0 radical (unpaired) electrons. The monoisotopic (exact) mass is 243 g/mol. The molecule has 0 spiro atoms. The first-order valence-corrected chi connectivity index (χ1v) is 7.46. The Hall–Kier alpha value is -0.370. The average Bonchev–Trinajstić information content (AvgIpc) is 2.27. The van der Waals surface area contributed by atoms with Crippen molar-refractivity contribution in [3.05, 3.63) is 29.8 Å². The Labute approximate surface area is 97.8 Å². The highest BCUT2D eigenvalue weighted by atomic mass is 32.4. The highest BCUT2D eigenvalue weighted by Gasteiger charge is 2.06.